The second-order valence-corrected chi connectivity index (χ2v) is 14.3. The molecular weight excluding hydrogens is 394 g/mol. The molecule has 0 spiro atoms. The van der Waals surface area contributed by atoms with E-state index >= 15 is 0 Å². The topological polar surface area (TPSA) is 20.2 Å². The quantitative estimate of drug-likeness (QED) is 0.503. The Hall–Kier alpha value is -1.68. The Labute approximate surface area is 180 Å². The van der Waals surface area contributed by atoms with Crippen LogP contribution in [0.1, 0.15) is 63.4 Å². The Morgan fingerprint density at radius 1 is 0.867 bits per heavy atom. The molecule has 1 saturated carbocycles. The normalized spacial score (nSPS) is 29.6. The highest BCUT2D eigenvalue weighted by atomic mass is 28.3. The summed E-state index contributed by atoms with van der Waals surface area (Å²) in [6.07, 6.45) is 8.33. The lowest BCUT2D eigenvalue weighted by Crippen LogP contribution is -2.50. The Kier molecular flexibility index (Phi) is 6.62. The lowest BCUT2D eigenvalue weighted by Gasteiger charge is -2.43. The molecule has 0 bridgehead atoms. The van der Waals surface area contributed by atoms with Crippen molar-refractivity contribution in [2.45, 2.75) is 75.9 Å². The van der Waals surface area contributed by atoms with Crippen molar-refractivity contribution in [3.8, 4) is 5.75 Å². The summed E-state index contributed by atoms with van der Waals surface area (Å²) < 4.78 is 27.5. The molecule has 0 amide bonds. The minimum absolute atomic E-state index is 0.215. The summed E-state index contributed by atoms with van der Waals surface area (Å²) in [6, 6.07) is 18.2. The molecule has 2 aromatic rings. The first-order valence-corrected chi connectivity index (χ1v) is 14.4. The molecule has 2 fully saturated rings. The molecule has 30 heavy (non-hydrogen) atoms. The summed E-state index contributed by atoms with van der Waals surface area (Å²) in [5.41, 5.74) is 0.711. The molecule has 1 aliphatic heterocycles. The molecule has 162 valence electrons. The predicted octanol–water partition coefficient (Wildman–Crippen LogP) is 7.12. The van der Waals surface area contributed by atoms with Crippen LogP contribution in [0.2, 0.25) is 18.1 Å². The summed E-state index contributed by atoms with van der Waals surface area (Å²) in [6.45, 7) is 2.33. The summed E-state index contributed by atoms with van der Waals surface area (Å²) >= 11 is 0. The highest BCUT2D eigenvalue weighted by Gasteiger charge is 2.40. The van der Waals surface area contributed by atoms with Gasteiger partial charge in [-0.2, -0.15) is 0 Å². The molecule has 0 aromatic heterocycles. The smallest absolute Gasteiger partial charge is 0.187 e. The molecule has 0 radical (unpaired) electrons. The van der Waals surface area contributed by atoms with Crippen molar-refractivity contribution in [1.29, 1.82) is 0 Å². The molecule has 4 heteroatoms. The Bertz CT molecular complexity index is 814. The van der Waals surface area contributed by atoms with Gasteiger partial charge in [-0.1, -0.05) is 79.8 Å². The zero-order valence-electron chi connectivity index (χ0n) is 18.0. The van der Waals surface area contributed by atoms with Gasteiger partial charge in [0.2, 0.25) is 0 Å². The van der Waals surface area contributed by atoms with E-state index in [-0.39, 0.29) is 5.92 Å². The van der Waals surface area contributed by atoms with E-state index in [9.17, 15) is 13.9 Å². The van der Waals surface area contributed by atoms with E-state index in [0.29, 0.717) is 5.56 Å². The number of hydrogen-bond donors (Lipinski definition) is 1. The average molecular weight is 429 g/mol. The van der Waals surface area contributed by atoms with Gasteiger partial charge in [-0.3, -0.25) is 0 Å². The van der Waals surface area contributed by atoms with E-state index in [4.69, 9.17) is 0 Å². The molecule has 1 nitrogen and oxygen atoms in total. The third-order valence-corrected chi connectivity index (χ3v) is 13.6. The van der Waals surface area contributed by atoms with Crippen LogP contribution in [0.15, 0.2) is 42.5 Å². The van der Waals surface area contributed by atoms with Gasteiger partial charge in [0.1, 0.15) is 0 Å². The molecule has 1 saturated heterocycles. The van der Waals surface area contributed by atoms with Crippen LogP contribution in [0.4, 0.5) is 8.78 Å². The number of phenolic OH excluding ortho intramolecular Hbond substituents is 1. The summed E-state index contributed by atoms with van der Waals surface area (Å²) in [5.74, 6) is -0.729. The van der Waals surface area contributed by atoms with Crippen molar-refractivity contribution in [1.82, 2.24) is 0 Å². The van der Waals surface area contributed by atoms with Crippen LogP contribution in [0.25, 0.3) is 0 Å². The number of halogens is 2. The molecule has 2 aromatic carbocycles. The van der Waals surface area contributed by atoms with E-state index in [2.05, 4.69) is 37.3 Å². The molecule has 0 unspecified atom stereocenters. The largest absolute Gasteiger partial charge is 0.503 e. The maximum Gasteiger partial charge on any atom is 0.187 e. The van der Waals surface area contributed by atoms with E-state index in [1.165, 1.54) is 49.5 Å². The first-order chi connectivity index (χ1) is 14.5. The van der Waals surface area contributed by atoms with Gasteiger partial charge in [-0.15, -0.1) is 0 Å². The van der Waals surface area contributed by atoms with E-state index in [0.717, 1.165) is 37.5 Å². The lowest BCUT2D eigenvalue weighted by atomic mass is 9.72. The van der Waals surface area contributed by atoms with Crippen LogP contribution < -0.4 is 5.19 Å². The van der Waals surface area contributed by atoms with Gasteiger partial charge in [0.15, 0.2) is 17.4 Å². The Morgan fingerprint density at radius 3 is 2.00 bits per heavy atom. The monoisotopic (exact) mass is 428 g/mol. The van der Waals surface area contributed by atoms with Crippen molar-refractivity contribution >= 4 is 13.3 Å². The highest BCUT2D eigenvalue weighted by Crippen LogP contribution is 2.46. The SMILES string of the molecule is CCC[Si]1(c2ccccc2)CCC([C@H]2CC[C@H](c3cc(F)c(O)c(F)c3)CC2)CC1. The fourth-order valence-electron chi connectivity index (χ4n) is 6.36. The maximum absolute atomic E-state index is 13.8. The first kappa shape index (κ1) is 21.5. The first-order valence-electron chi connectivity index (χ1n) is 11.8. The van der Waals surface area contributed by atoms with Gasteiger partial charge >= 0.3 is 0 Å². The average Bonchev–Trinajstić information content (AvgIpc) is 2.78. The van der Waals surface area contributed by atoms with Crippen LogP contribution in [-0.4, -0.2) is 13.2 Å². The highest BCUT2D eigenvalue weighted by molar-refractivity contribution is 6.92. The summed E-state index contributed by atoms with van der Waals surface area (Å²) in [7, 11) is -1.36. The minimum atomic E-state index is -1.36. The van der Waals surface area contributed by atoms with E-state index in [1.807, 2.05) is 0 Å². The number of benzene rings is 2. The molecule has 1 heterocycles. The van der Waals surface area contributed by atoms with Crippen LogP contribution in [0, 0.1) is 23.5 Å². The molecule has 4 rings (SSSR count). The van der Waals surface area contributed by atoms with Gasteiger partial charge < -0.3 is 5.11 Å². The number of aromatic hydroxyl groups is 1. The third kappa shape index (κ3) is 4.34. The van der Waals surface area contributed by atoms with E-state index < -0.39 is 25.5 Å². The van der Waals surface area contributed by atoms with Crippen molar-refractivity contribution in [3.63, 3.8) is 0 Å². The zero-order chi connectivity index (χ0) is 21.1. The molecule has 0 atom stereocenters. The second kappa shape index (κ2) is 9.21. The minimum Gasteiger partial charge on any atom is -0.503 e. The second-order valence-electron chi connectivity index (χ2n) is 9.68. The standard InChI is InChI=1S/C26H34F2OSi/c1-2-14-30(23-6-4-3-5-7-23)15-12-21(13-16-30)19-8-10-20(11-9-19)22-17-24(27)26(29)25(28)18-22/h3-7,17-21,29H,2,8-16H2,1H3/t19-,20-,21?,30?. The Morgan fingerprint density at radius 2 is 1.43 bits per heavy atom. The van der Waals surface area contributed by atoms with Gasteiger partial charge in [-0.25, -0.2) is 8.78 Å². The number of phenols is 1. The number of rotatable bonds is 5. The van der Waals surface area contributed by atoms with Crippen LogP contribution in [0.5, 0.6) is 5.75 Å². The van der Waals surface area contributed by atoms with Gasteiger partial charge in [0.25, 0.3) is 0 Å². The van der Waals surface area contributed by atoms with Crippen molar-refractivity contribution in [2.24, 2.45) is 11.8 Å². The zero-order valence-corrected chi connectivity index (χ0v) is 19.0. The van der Waals surface area contributed by atoms with Crippen LogP contribution in [0.3, 0.4) is 0 Å². The molecule has 2 aliphatic rings. The summed E-state index contributed by atoms with van der Waals surface area (Å²) in [4.78, 5) is 0. The van der Waals surface area contributed by atoms with Crippen LogP contribution >= 0.6 is 0 Å². The van der Waals surface area contributed by atoms with Crippen LogP contribution in [-0.2, 0) is 0 Å². The predicted molar refractivity (Wildman–Crippen MR) is 122 cm³/mol. The van der Waals surface area contributed by atoms with Gasteiger partial charge in [0, 0.05) is 0 Å². The molecular formula is C26H34F2OSi. The lowest BCUT2D eigenvalue weighted by molar-refractivity contribution is 0.215. The van der Waals surface area contributed by atoms with Crippen molar-refractivity contribution < 1.29 is 13.9 Å². The maximum atomic E-state index is 13.8. The van der Waals surface area contributed by atoms with Gasteiger partial charge in [-0.05, 0) is 61.1 Å². The molecule has 1 aliphatic carbocycles. The third-order valence-electron chi connectivity index (χ3n) is 8.05. The van der Waals surface area contributed by atoms with E-state index in [1.54, 1.807) is 5.19 Å². The number of hydrogen-bond acceptors (Lipinski definition) is 1. The fraction of sp³-hybridized carbons (Fsp3) is 0.538. The van der Waals surface area contributed by atoms with Crippen molar-refractivity contribution in [2.75, 3.05) is 0 Å². The Balaban J connectivity index is 1.36. The molecule has 1 N–H and O–H groups in total. The summed E-state index contributed by atoms with van der Waals surface area (Å²) in [5, 5.41) is 11.0. The fourth-order valence-corrected chi connectivity index (χ4v) is 11.7. The van der Waals surface area contributed by atoms with Crippen molar-refractivity contribution in [3.05, 3.63) is 59.7 Å². The van der Waals surface area contributed by atoms with Gasteiger partial charge in [0.05, 0.1) is 8.07 Å².